The van der Waals surface area contributed by atoms with Crippen molar-refractivity contribution in [1.29, 1.82) is 0 Å². The molecular formula is C13H21N3O2S. The van der Waals surface area contributed by atoms with Gasteiger partial charge in [0.25, 0.3) is 0 Å². The topological polar surface area (TPSA) is 66.6 Å². The molecule has 1 aromatic rings. The van der Waals surface area contributed by atoms with Gasteiger partial charge in [-0.1, -0.05) is 13.0 Å². The number of benzene rings is 1. The Morgan fingerprint density at radius 1 is 1.21 bits per heavy atom. The SMILES string of the molecule is CCCS(=O)(=O)N1CCN(c2cccc(N)c2)CC1. The van der Waals surface area contributed by atoms with E-state index in [0.717, 1.165) is 11.4 Å². The number of hydrogen-bond acceptors (Lipinski definition) is 4. The molecule has 1 saturated heterocycles. The Kier molecular flexibility index (Phi) is 4.31. The Morgan fingerprint density at radius 3 is 2.47 bits per heavy atom. The van der Waals surface area contributed by atoms with Gasteiger partial charge in [0, 0.05) is 37.6 Å². The quantitative estimate of drug-likeness (QED) is 0.841. The van der Waals surface area contributed by atoms with E-state index in [0.29, 0.717) is 32.6 Å². The Morgan fingerprint density at radius 2 is 1.89 bits per heavy atom. The summed E-state index contributed by atoms with van der Waals surface area (Å²) in [7, 11) is -3.07. The normalized spacial score (nSPS) is 17.6. The van der Waals surface area contributed by atoms with E-state index in [9.17, 15) is 8.42 Å². The van der Waals surface area contributed by atoms with Crippen molar-refractivity contribution in [3.63, 3.8) is 0 Å². The predicted octanol–water partition coefficient (Wildman–Crippen LogP) is 1.13. The first-order valence-electron chi connectivity index (χ1n) is 6.61. The maximum Gasteiger partial charge on any atom is 0.214 e. The number of nitrogen functional groups attached to an aromatic ring is 1. The van der Waals surface area contributed by atoms with Crippen molar-refractivity contribution in [2.45, 2.75) is 13.3 Å². The summed E-state index contributed by atoms with van der Waals surface area (Å²) in [5.41, 5.74) is 7.57. The standard InChI is InChI=1S/C13H21N3O2S/c1-2-10-19(17,18)16-8-6-15(7-9-16)13-5-3-4-12(14)11-13/h3-5,11H,2,6-10,14H2,1H3. The number of sulfonamides is 1. The maximum atomic E-state index is 12.0. The van der Waals surface area contributed by atoms with Gasteiger partial charge in [-0.25, -0.2) is 8.42 Å². The highest BCUT2D eigenvalue weighted by Crippen LogP contribution is 2.20. The monoisotopic (exact) mass is 283 g/mol. The lowest BCUT2D eigenvalue weighted by molar-refractivity contribution is 0.384. The second-order valence-electron chi connectivity index (χ2n) is 4.80. The van der Waals surface area contributed by atoms with Crippen molar-refractivity contribution in [2.75, 3.05) is 42.6 Å². The van der Waals surface area contributed by atoms with Crippen LogP contribution in [0.4, 0.5) is 11.4 Å². The van der Waals surface area contributed by atoms with Gasteiger partial charge in [0.2, 0.25) is 10.0 Å². The molecule has 1 aromatic carbocycles. The highest BCUT2D eigenvalue weighted by molar-refractivity contribution is 7.89. The lowest BCUT2D eigenvalue weighted by Gasteiger charge is -2.35. The van der Waals surface area contributed by atoms with Crippen LogP contribution >= 0.6 is 0 Å². The van der Waals surface area contributed by atoms with Crippen LogP contribution in [-0.4, -0.2) is 44.7 Å². The van der Waals surface area contributed by atoms with Gasteiger partial charge in [-0.3, -0.25) is 0 Å². The van der Waals surface area contributed by atoms with Gasteiger partial charge in [0.1, 0.15) is 0 Å². The number of hydrogen-bond donors (Lipinski definition) is 1. The zero-order valence-corrected chi connectivity index (χ0v) is 12.1. The highest BCUT2D eigenvalue weighted by atomic mass is 32.2. The number of nitrogens with two attached hydrogens (primary N) is 1. The Bertz CT molecular complexity index is 522. The van der Waals surface area contributed by atoms with Gasteiger partial charge in [-0.05, 0) is 24.6 Å². The number of piperazine rings is 1. The zero-order valence-electron chi connectivity index (χ0n) is 11.2. The smallest absolute Gasteiger partial charge is 0.214 e. The van der Waals surface area contributed by atoms with Crippen LogP contribution in [0.15, 0.2) is 24.3 Å². The molecule has 0 aliphatic carbocycles. The molecule has 2 N–H and O–H groups in total. The van der Waals surface area contributed by atoms with Crippen LogP contribution in [0.1, 0.15) is 13.3 Å². The van der Waals surface area contributed by atoms with Gasteiger partial charge in [-0.15, -0.1) is 0 Å². The lowest BCUT2D eigenvalue weighted by Crippen LogP contribution is -2.49. The molecule has 6 heteroatoms. The number of nitrogens with zero attached hydrogens (tertiary/aromatic N) is 2. The summed E-state index contributed by atoms with van der Waals surface area (Å²) in [4.78, 5) is 2.17. The van der Waals surface area contributed by atoms with Gasteiger partial charge in [0.05, 0.1) is 5.75 Å². The summed E-state index contributed by atoms with van der Waals surface area (Å²) in [6.07, 6.45) is 0.664. The first kappa shape index (κ1) is 14.1. The maximum absolute atomic E-state index is 12.0. The van der Waals surface area contributed by atoms with Gasteiger partial charge in [-0.2, -0.15) is 4.31 Å². The third kappa shape index (κ3) is 3.39. The average molecular weight is 283 g/mol. The molecule has 1 fully saturated rings. The average Bonchev–Trinajstić information content (AvgIpc) is 2.39. The predicted molar refractivity (Wildman–Crippen MR) is 78.7 cm³/mol. The van der Waals surface area contributed by atoms with Crippen molar-refractivity contribution in [2.24, 2.45) is 0 Å². The molecule has 19 heavy (non-hydrogen) atoms. The minimum atomic E-state index is -3.07. The zero-order chi connectivity index (χ0) is 13.9. The molecule has 0 spiro atoms. The molecule has 1 heterocycles. The summed E-state index contributed by atoms with van der Waals surface area (Å²) in [5, 5.41) is 0. The third-order valence-corrected chi connectivity index (χ3v) is 5.41. The Labute approximate surface area is 115 Å². The molecule has 0 atom stereocenters. The molecule has 0 bridgehead atoms. The van der Waals surface area contributed by atoms with Gasteiger partial charge < -0.3 is 10.6 Å². The van der Waals surface area contributed by atoms with E-state index in [-0.39, 0.29) is 5.75 Å². The van der Waals surface area contributed by atoms with Crippen molar-refractivity contribution < 1.29 is 8.42 Å². The first-order valence-corrected chi connectivity index (χ1v) is 8.22. The van der Waals surface area contributed by atoms with Crippen molar-refractivity contribution in [3.8, 4) is 0 Å². The molecule has 5 nitrogen and oxygen atoms in total. The molecule has 1 aliphatic rings. The third-order valence-electron chi connectivity index (χ3n) is 3.33. The van der Waals surface area contributed by atoms with Crippen LogP contribution in [0.25, 0.3) is 0 Å². The summed E-state index contributed by atoms with van der Waals surface area (Å²) in [5.74, 6) is 0.241. The molecular weight excluding hydrogens is 262 g/mol. The summed E-state index contributed by atoms with van der Waals surface area (Å²) >= 11 is 0. The second-order valence-corrected chi connectivity index (χ2v) is 6.89. The molecule has 0 saturated carbocycles. The van der Waals surface area contributed by atoms with E-state index in [1.165, 1.54) is 0 Å². The van der Waals surface area contributed by atoms with E-state index >= 15 is 0 Å². The van der Waals surface area contributed by atoms with E-state index in [1.54, 1.807) is 4.31 Å². The fourth-order valence-corrected chi connectivity index (χ4v) is 3.83. The van der Waals surface area contributed by atoms with Crippen LogP contribution < -0.4 is 10.6 Å². The lowest BCUT2D eigenvalue weighted by atomic mass is 10.2. The molecule has 0 amide bonds. The summed E-state index contributed by atoms with van der Waals surface area (Å²) in [6, 6.07) is 7.71. The van der Waals surface area contributed by atoms with Gasteiger partial charge >= 0.3 is 0 Å². The Balaban J connectivity index is 2.00. The Hall–Kier alpha value is -1.27. The fraction of sp³-hybridized carbons (Fsp3) is 0.538. The fourth-order valence-electron chi connectivity index (χ4n) is 2.33. The van der Waals surface area contributed by atoms with Crippen molar-refractivity contribution >= 4 is 21.4 Å². The van der Waals surface area contributed by atoms with Crippen LogP contribution in [0, 0.1) is 0 Å². The highest BCUT2D eigenvalue weighted by Gasteiger charge is 2.26. The molecule has 0 aromatic heterocycles. The van der Waals surface area contributed by atoms with Crippen molar-refractivity contribution in [3.05, 3.63) is 24.3 Å². The molecule has 0 radical (unpaired) electrons. The van der Waals surface area contributed by atoms with Crippen LogP contribution in [0.2, 0.25) is 0 Å². The van der Waals surface area contributed by atoms with Crippen LogP contribution in [0.3, 0.4) is 0 Å². The molecule has 106 valence electrons. The minimum absolute atomic E-state index is 0.241. The van der Waals surface area contributed by atoms with E-state index in [1.807, 2.05) is 31.2 Å². The van der Waals surface area contributed by atoms with E-state index in [2.05, 4.69) is 4.90 Å². The molecule has 0 unspecified atom stereocenters. The van der Waals surface area contributed by atoms with E-state index in [4.69, 9.17) is 5.73 Å². The number of anilines is 2. The second kappa shape index (κ2) is 5.79. The summed E-state index contributed by atoms with van der Waals surface area (Å²) < 4.78 is 25.5. The minimum Gasteiger partial charge on any atom is -0.399 e. The van der Waals surface area contributed by atoms with Crippen LogP contribution in [-0.2, 0) is 10.0 Å². The van der Waals surface area contributed by atoms with Crippen LogP contribution in [0.5, 0.6) is 0 Å². The number of rotatable bonds is 4. The first-order chi connectivity index (χ1) is 9.03. The molecule has 1 aliphatic heterocycles. The van der Waals surface area contributed by atoms with Crippen molar-refractivity contribution in [1.82, 2.24) is 4.31 Å². The summed E-state index contributed by atoms with van der Waals surface area (Å²) in [6.45, 7) is 4.42. The van der Waals surface area contributed by atoms with E-state index < -0.39 is 10.0 Å². The molecule has 2 rings (SSSR count). The van der Waals surface area contributed by atoms with Gasteiger partial charge in [0.15, 0.2) is 0 Å². The largest absolute Gasteiger partial charge is 0.399 e.